The lowest BCUT2D eigenvalue weighted by molar-refractivity contribution is -0.291. The van der Waals surface area contributed by atoms with Gasteiger partial charge in [0.05, 0.1) is 21.3 Å². The number of rotatable bonds is 4. The Labute approximate surface area is 179 Å². The van der Waals surface area contributed by atoms with Gasteiger partial charge in [0.1, 0.15) is 5.69 Å². The minimum Gasteiger partial charge on any atom is -0.324 e. The maximum atomic E-state index is 13.6. The first kappa shape index (κ1) is 25.9. The van der Waals surface area contributed by atoms with E-state index < -0.39 is 69.5 Å². The van der Waals surface area contributed by atoms with Gasteiger partial charge in [0.2, 0.25) is 5.95 Å². The summed E-state index contributed by atoms with van der Waals surface area (Å²) >= 11 is 2.44. The number of halogens is 12. The van der Waals surface area contributed by atoms with Gasteiger partial charge in [-0.1, -0.05) is 0 Å². The SMILES string of the molecule is CCn1c(Nc2cc(C(F)(F)F)cc(C(F)(F)F)c2Br)nc(C(F)(F)C(F)(F)F)cc1=O. The molecule has 0 saturated heterocycles. The van der Waals surface area contributed by atoms with E-state index in [4.69, 9.17) is 0 Å². The van der Waals surface area contributed by atoms with Gasteiger partial charge in [-0.2, -0.15) is 48.3 Å². The van der Waals surface area contributed by atoms with Gasteiger partial charge < -0.3 is 5.32 Å². The van der Waals surface area contributed by atoms with Gasteiger partial charge in [-0.05, 0) is 35.0 Å². The summed E-state index contributed by atoms with van der Waals surface area (Å²) in [5.74, 6) is -6.76. The molecule has 2 aromatic rings. The Balaban J connectivity index is 2.77. The van der Waals surface area contributed by atoms with Crippen LogP contribution in [-0.2, 0) is 24.8 Å². The van der Waals surface area contributed by atoms with Gasteiger partial charge >= 0.3 is 24.5 Å². The highest BCUT2D eigenvalue weighted by atomic mass is 79.9. The van der Waals surface area contributed by atoms with E-state index in [1.807, 2.05) is 5.32 Å². The molecular formula is C16H9BrF11N3O. The Morgan fingerprint density at radius 1 is 0.938 bits per heavy atom. The molecule has 0 unspecified atom stereocenters. The van der Waals surface area contributed by atoms with Crippen LogP contribution in [0.4, 0.5) is 59.9 Å². The average Bonchev–Trinajstić information content (AvgIpc) is 2.60. The number of aromatic nitrogens is 2. The summed E-state index contributed by atoms with van der Waals surface area (Å²) in [6, 6.07) is -0.228. The van der Waals surface area contributed by atoms with Crippen LogP contribution in [0.2, 0.25) is 0 Å². The second-order valence-electron chi connectivity index (χ2n) is 6.13. The Hall–Kier alpha value is -2.39. The van der Waals surface area contributed by atoms with Crippen LogP contribution in [0.5, 0.6) is 0 Å². The molecule has 16 heteroatoms. The summed E-state index contributed by atoms with van der Waals surface area (Å²) < 4.78 is 143. The molecule has 1 heterocycles. The van der Waals surface area contributed by atoms with E-state index in [0.717, 1.165) is 0 Å². The van der Waals surface area contributed by atoms with E-state index in [-0.39, 0.29) is 18.2 Å². The van der Waals surface area contributed by atoms with Crippen LogP contribution in [-0.4, -0.2) is 15.7 Å². The fourth-order valence-electron chi connectivity index (χ4n) is 2.42. The van der Waals surface area contributed by atoms with Crippen LogP contribution in [0.15, 0.2) is 27.5 Å². The van der Waals surface area contributed by atoms with E-state index >= 15 is 0 Å². The zero-order valence-corrected chi connectivity index (χ0v) is 16.9. The summed E-state index contributed by atoms with van der Waals surface area (Å²) in [5, 5.41) is 1.83. The van der Waals surface area contributed by atoms with Gasteiger partial charge in [0, 0.05) is 12.6 Å². The van der Waals surface area contributed by atoms with Crippen molar-refractivity contribution in [3.8, 4) is 0 Å². The predicted octanol–water partition coefficient (Wildman–Crippen LogP) is 6.46. The lowest BCUT2D eigenvalue weighted by Crippen LogP contribution is -2.37. The van der Waals surface area contributed by atoms with Crippen LogP contribution in [0.25, 0.3) is 0 Å². The maximum absolute atomic E-state index is 13.6. The molecule has 0 bridgehead atoms. The second-order valence-corrected chi connectivity index (χ2v) is 6.92. The zero-order chi connectivity index (χ0) is 24.9. The van der Waals surface area contributed by atoms with Crippen LogP contribution >= 0.6 is 15.9 Å². The van der Waals surface area contributed by atoms with Crippen molar-refractivity contribution in [1.29, 1.82) is 0 Å². The molecule has 178 valence electrons. The highest BCUT2D eigenvalue weighted by molar-refractivity contribution is 9.10. The first-order valence-corrected chi connectivity index (χ1v) is 8.91. The van der Waals surface area contributed by atoms with Crippen LogP contribution in [0.1, 0.15) is 23.7 Å². The van der Waals surface area contributed by atoms with Crippen LogP contribution in [0.3, 0.4) is 0 Å². The van der Waals surface area contributed by atoms with Crippen molar-refractivity contribution in [2.75, 3.05) is 5.32 Å². The molecule has 0 amide bonds. The van der Waals surface area contributed by atoms with E-state index in [9.17, 15) is 53.1 Å². The van der Waals surface area contributed by atoms with Gasteiger partial charge in [0.15, 0.2) is 0 Å². The Bertz CT molecular complexity index is 1070. The first-order valence-electron chi connectivity index (χ1n) is 8.12. The van der Waals surface area contributed by atoms with Crippen LogP contribution in [0, 0.1) is 0 Å². The molecule has 1 N–H and O–H groups in total. The second kappa shape index (κ2) is 8.19. The fraction of sp³-hybridized carbons (Fsp3) is 0.375. The van der Waals surface area contributed by atoms with Crippen molar-refractivity contribution >= 4 is 27.6 Å². The molecule has 4 nitrogen and oxygen atoms in total. The fourth-order valence-corrected chi connectivity index (χ4v) is 2.97. The standard InChI is InChI=1S/C16H9BrF11N3O/c1-2-31-10(32)5-9(13(18,19)16(26,27)28)30-12(31)29-8-4-6(14(20,21)22)3-7(11(8)17)15(23,24)25/h3-5H,2H2,1H3,(H,29,30). The van der Waals surface area contributed by atoms with E-state index in [0.29, 0.717) is 4.57 Å². The molecule has 0 aliphatic heterocycles. The average molecular weight is 548 g/mol. The number of anilines is 2. The monoisotopic (exact) mass is 547 g/mol. The van der Waals surface area contributed by atoms with Crippen molar-refractivity contribution in [2.45, 2.75) is 37.9 Å². The number of hydrogen-bond donors (Lipinski definition) is 1. The Kier molecular flexibility index (Phi) is 6.62. The summed E-state index contributed by atoms with van der Waals surface area (Å²) in [6.07, 6.45) is -16.8. The molecule has 0 fully saturated rings. The number of nitrogens with zero attached hydrogens (tertiary/aromatic N) is 2. The molecule has 0 aliphatic carbocycles. The third-order valence-electron chi connectivity index (χ3n) is 3.95. The molecule has 0 aliphatic rings. The molecule has 0 saturated carbocycles. The number of hydrogen-bond acceptors (Lipinski definition) is 3. The molecular weight excluding hydrogens is 539 g/mol. The maximum Gasteiger partial charge on any atom is 0.459 e. The molecule has 32 heavy (non-hydrogen) atoms. The zero-order valence-electron chi connectivity index (χ0n) is 15.3. The van der Waals surface area contributed by atoms with Crippen molar-refractivity contribution in [1.82, 2.24) is 9.55 Å². The summed E-state index contributed by atoms with van der Waals surface area (Å²) in [4.78, 5) is 15.0. The van der Waals surface area contributed by atoms with Gasteiger partial charge in [-0.3, -0.25) is 9.36 Å². The van der Waals surface area contributed by atoms with E-state index in [1.165, 1.54) is 6.92 Å². The number of benzene rings is 1. The Morgan fingerprint density at radius 3 is 1.94 bits per heavy atom. The molecule has 0 spiro atoms. The Morgan fingerprint density at radius 2 is 1.50 bits per heavy atom. The van der Waals surface area contributed by atoms with Gasteiger partial charge in [-0.15, -0.1) is 0 Å². The number of alkyl halides is 11. The largest absolute Gasteiger partial charge is 0.459 e. The van der Waals surface area contributed by atoms with E-state index in [2.05, 4.69) is 20.9 Å². The highest BCUT2D eigenvalue weighted by Gasteiger charge is 2.60. The quantitative estimate of drug-likeness (QED) is 0.447. The molecule has 1 aromatic carbocycles. The molecule has 1 aromatic heterocycles. The van der Waals surface area contributed by atoms with Crippen molar-refractivity contribution in [2.24, 2.45) is 0 Å². The summed E-state index contributed by atoms with van der Waals surface area (Å²) in [5.41, 5.74) is -8.21. The predicted molar refractivity (Wildman–Crippen MR) is 91.5 cm³/mol. The normalized spacial score (nSPS) is 13.4. The summed E-state index contributed by atoms with van der Waals surface area (Å²) in [7, 11) is 0. The molecule has 0 radical (unpaired) electrons. The third kappa shape index (κ3) is 4.99. The van der Waals surface area contributed by atoms with Gasteiger partial charge in [-0.25, -0.2) is 4.98 Å². The lowest BCUT2D eigenvalue weighted by Gasteiger charge is -2.22. The van der Waals surface area contributed by atoms with Crippen molar-refractivity contribution in [3.05, 3.63) is 49.8 Å². The minimum atomic E-state index is -6.18. The topological polar surface area (TPSA) is 46.9 Å². The highest BCUT2D eigenvalue weighted by Crippen LogP contribution is 2.45. The third-order valence-corrected chi connectivity index (χ3v) is 4.81. The van der Waals surface area contributed by atoms with Crippen molar-refractivity contribution < 1.29 is 48.3 Å². The van der Waals surface area contributed by atoms with Crippen molar-refractivity contribution in [3.63, 3.8) is 0 Å². The first-order chi connectivity index (χ1) is 14.3. The lowest BCUT2D eigenvalue weighted by atomic mass is 10.1. The summed E-state index contributed by atoms with van der Waals surface area (Å²) in [6.45, 7) is 0.785. The number of nitrogens with one attached hydrogen (secondary N) is 1. The molecule has 0 atom stereocenters. The molecule has 2 rings (SSSR count). The van der Waals surface area contributed by atoms with E-state index in [1.54, 1.807) is 0 Å². The van der Waals surface area contributed by atoms with Gasteiger partial charge in [0.25, 0.3) is 5.56 Å². The van der Waals surface area contributed by atoms with Crippen LogP contribution < -0.4 is 10.9 Å². The minimum absolute atomic E-state index is 0.134. The smallest absolute Gasteiger partial charge is 0.324 e.